The van der Waals surface area contributed by atoms with Gasteiger partial charge in [0.1, 0.15) is 5.75 Å². The van der Waals surface area contributed by atoms with Crippen molar-refractivity contribution >= 4 is 29.9 Å². The standard InChI is InChI=1S/C17H27N3O2.HI/c1-4-22-16-7-5-14(6-8-16)12-20(3)17(18-2)19-11-15-9-10-21-13-15;/h5-8,15H,4,9-13H2,1-3H3,(H,18,19);1H. The third-order valence-electron chi connectivity index (χ3n) is 3.80. The van der Waals surface area contributed by atoms with E-state index in [1.807, 2.05) is 26.1 Å². The molecule has 0 aromatic heterocycles. The van der Waals surface area contributed by atoms with Crippen molar-refractivity contribution in [2.45, 2.75) is 19.9 Å². The average molecular weight is 433 g/mol. The van der Waals surface area contributed by atoms with Crippen LogP contribution in [0.4, 0.5) is 0 Å². The predicted molar refractivity (Wildman–Crippen MR) is 105 cm³/mol. The maximum Gasteiger partial charge on any atom is 0.193 e. The molecule has 1 heterocycles. The van der Waals surface area contributed by atoms with Gasteiger partial charge in [-0.1, -0.05) is 12.1 Å². The van der Waals surface area contributed by atoms with Crippen LogP contribution in [0.3, 0.4) is 0 Å². The lowest BCUT2D eigenvalue weighted by Gasteiger charge is -2.23. The van der Waals surface area contributed by atoms with E-state index in [-0.39, 0.29) is 24.0 Å². The van der Waals surface area contributed by atoms with Gasteiger partial charge in [-0.2, -0.15) is 0 Å². The molecule has 0 amide bonds. The zero-order valence-electron chi connectivity index (χ0n) is 14.2. The van der Waals surface area contributed by atoms with Crippen LogP contribution in [0.5, 0.6) is 5.75 Å². The van der Waals surface area contributed by atoms with Crippen LogP contribution < -0.4 is 10.1 Å². The second-order valence-electron chi connectivity index (χ2n) is 5.59. The second kappa shape index (κ2) is 10.7. The number of nitrogens with one attached hydrogen (secondary N) is 1. The summed E-state index contributed by atoms with van der Waals surface area (Å²) < 4.78 is 10.9. The lowest BCUT2D eigenvalue weighted by atomic mass is 10.1. The Bertz CT molecular complexity index is 473. The van der Waals surface area contributed by atoms with Gasteiger partial charge in [0.2, 0.25) is 0 Å². The Morgan fingerprint density at radius 3 is 2.70 bits per heavy atom. The van der Waals surface area contributed by atoms with E-state index in [9.17, 15) is 0 Å². The summed E-state index contributed by atoms with van der Waals surface area (Å²) in [6.45, 7) is 6.15. The third-order valence-corrected chi connectivity index (χ3v) is 3.80. The largest absolute Gasteiger partial charge is 0.494 e. The third kappa shape index (κ3) is 6.55. The summed E-state index contributed by atoms with van der Waals surface area (Å²) in [5, 5.41) is 3.43. The minimum absolute atomic E-state index is 0. The van der Waals surface area contributed by atoms with Crippen LogP contribution in [0, 0.1) is 5.92 Å². The summed E-state index contributed by atoms with van der Waals surface area (Å²) in [6, 6.07) is 8.22. The molecule has 0 saturated carbocycles. The fourth-order valence-corrected chi connectivity index (χ4v) is 2.57. The predicted octanol–water partition coefficient (Wildman–Crippen LogP) is 2.75. The maximum absolute atomic E-state index is 5.47. The van der Waals surface area contributed by atoms with Crippen molar-refractivity contribution in [3.63, 3.8) is 0 Å². The second-order valence-corrected chi connectivity index (χ2v) is 5.59. The minimum Gasteiger partial charge on any atom is -0.494 e. The molecular weight excluding hydrogens is 405 g/mol. The zero-order valence-corrected chi connectivity index (χ0v) is 16.6. The van der Waals surface area contributed by atoms with Crippen molar-refractivity contribution < 1.29 is 9.47 Å². The molecule has 1 aromatic carbocycles. The molecule has 1 aliphatic heterocycles. The van der Waals surface area contributed by atoms with Crippen molar-refractivity contribution in [2.75, 3.05) is 40.5 Å². The highest BCUT2D eigenvalue weighted by atomic mass is 127. The highest BCUT2D eigenvalue weighted by Crippen LogP contribution is 2.14. The molecule has 1 N–H and O–H groups in total. The van der Waals surface area contributed by atoms with Gasteiger partial charge in [0, 0.05) is 39.7 Å². The first-order chi connectivity index (χ1) is 10.7. The molecule has 1 aliphatic rings. The van der Waals surface area contributed by atoms with Crippen LogP contribution in [0.25, 0.3) is 0 Å². The molecule has 0 aliphatic carbocycles. The van der Waals surface area contributed by atoms with Crippen LogP contribution in [0.15, 0.2) is 29.3 Å². The number of halogens is 1. The molecule has 1 aromatic rings. The first-order valence-electron chi connectivity index (χ1n) is 7.94. The minimum atomic E-state index is 0. The lowest BCUT2D eigenvalue weighted by Crippen LogP contribution is -2.40. The molecule has 6 heteroatoms. The Hall–Kier alpha value is -1.02. The molecule has 1 saturated heterocycles. The van der Waals surface area contributed by atoms with E-state index in [0.717, 1.165) is 44.4 Å². The van der Waals surface area contributed by atoms with Crippen molar-refractivity contribution in [1.29, 1.82) is 0 Å². The topological polar surface area (TPSA) is 46.1 Å². The van der Waals surface area contributed by atoms with Crippen LogP contribution in [0.1, 0.15) is 18.9 Å². The number of hydrogen-bond donors (Lipinski definition) is 1. The quantitative estimate of drug-likeness (QED) is 0.426. The molecule has 1 fully saturated rings. The van der Waals surface area contributed by atoms with Crippen molar-refractivity contribution in [1.82, 2.24) is 10.2 Å². The Kier molecular flexibility index (Phi) is 9.31. The molecule has 1 atom stereocenters. The van der Waals surface area contributed by atoms with Gasteiger partial charge in [0.15, 0.2) is 5.96 Å². The number of ether oxygens (including phenoxy) is 2. The lowest BCUT2D eigenvalue weighted by molar-refractivity contribution is 0.186. The molecule has 23 heavy (non-hydrogen) atoms. The number of nitrogens with zero attached hydrogens (tertiary/aromatic N) is 2. The smallest absolute Gasteiger partial charge is 0.193 e. The van der Waals surface area contributed by atoms with Gasteiger partial charge in [0.05, 0.1) is 13.2 Å². The molecule has 0 bridgehead atoms. The summed E-state index contributed by atoms with van der Waals surface area (Å²) in [6.07, 6.45) is 1.13. The van der Waals surface area contributed by atoms with E-state index in [1.54, 1.807) is 0 Å². The number of guanidine groups is 1. The highest BCUT2D eigenvalue weighted by Gasteiger charge is 2.16. The van der Waals surface area contributed by atoms with E-state index in [2.05, 4.69) is 34.4 Å². The molecule has 1 unspecified atom stereocenters. The Labute approximate surface area is 156 Å². The monoisotopic (exact) mass is 433 g/mol. The van der Waals surface area contributed by atoms with Crippen molar-refractivity contribution in [3.05, 3.63) is 29.8 Å². The van der Waals surface area contributed by atoms with Crippen LogP contribution in [0.2, 0.25) is 0 Å². The van der Waals surface area contributed by atoms with Crippen LogP contribution in [-0.4, -0.2) is 51.3 Å². The zero-order chi connectivity index (χ0) is 15.8. The van der Waals surface area contributed by atoms with E-state index in [0.29, 0.717) is 12.5 Å². The van der Waals surface area contributed by atoms with Crippen LogP contribution >= 0.6 is 24.0 Å². The van der Waals surface area contributed by atoms with Gasteiger partial charge in [-0.3, -0.25) is 4.99 Å². The van der Waals surface area contributed by atoms with Crippen molar-refractivity contribution in [2.24, 2.45) is 10.9 Å². The Morgan fingerprint density at radius 1 is 1.39 bits per heavy atom. The first kappa shape index (κ1) is 20.0. The molecular formula is C17H28IN3O2. The SMILES string of the molecule is CCOc1ccc(CN(C)C(=NC)NCC2CCOC2)cc1.I. The normalized spacial score (nSPS) is 17.5. The number of rotatable bonds is 6. The van der Waals surface area contributed by atoms with E-state index in [1.165, 1.54) is 5.56 Å². The van der Waals surface area contributed by atoms with E-state index < -0.39 is 0 Å². The maximum atomic E-state index is 5.47. The number of aliphatic imine (C=N–C) groups is 1. The van der Waals surface area contributed by atoms with E-state index in [4.69, 9.17) is 9.47 Å². The summed E-state index contributed by atoms with van der Waals surface area (Å²) in [5.41, 5.74) is 1.23. The fraction of sp³-hybridized carbons (Fsp3) is 0.588. The first-order valence-corrected chi connectivity index (χ1v) is 7.94. The van der Waals surface area contributed by atoms with Crippen molar-refractivity contribution in [3.8, 4) is 5.75 Å². The summed E-state index contributed by atoms with van der Waals surface area (Å²) >= 11 is 0. The summed E-state index contributed by atoms with van der Waals surface area (Å²) in [4.78, 5) is 6.49. The molecule has 0 spiro atoms. The number of hydrogen-bond acceptors (Lipinski definition) is 3. The Morgan fingerprint density at radius 2 is 2.13 bits per heavy atom. The highest BCUT2D eigenvalue weighted by molar-refractivity contribution is 14.0. The summed E-state index contributed by atoms with van der Waals surface area (Å²) in [7, 11) is 3.87. The van der Waals surface area contributed by atoms with Gasteiger partial charge in [-0.25, -0.2) is 0 Å². The molecule has 5 nitrogen and oxygen atoms in total. The molecule has 2 rings (SSSR count). The molecule has 0 radical (unpaired) electrons. The van der Waals surface area contributed by atoms with Gasteiger partial charge < -0.3 is 19.7 Å². The van der Waals surface area contributed by atoms with Gasteiger partial charge in [0.25, 0.3) is 0 Å². The van der Waals surface area contributed by atoms with Gasteiger partial charge in [-0.15, -0.1) is 24.0 Å². The van der Waals surface area contributed by atoms with Gasteiger partial charge in [-0.05, 0) is 31.0 Å². The summed E-state index contributed by atoms with van der Waals surface area (Å²) in [5.74, 6) is 2.43. The number of benzene rings is 1. The van der Waals surface area contributed by atoms with Gasteiger partial charge >= 0.3 is 0 Å². The van der Waals surface area contributed by atoms with Crippen LogP contribution in [-0.2, 0) is 11.3 Å². The average Bonchev–Trinajstić information content (AvgIpc) is 3.03. The molecule has 130 valence electrons. The van der Waals surface area contributed by atoms with E-state index >= 15 is 0 Å². The Balaban J connectivity index is 0.00000264. The fourth-order valence-electron chi connectivity index (χ4n) is 2.57.